The van der Waals surface area contributed by atoms with Crippen LogP contribution in [0.5, 0.6) is 0 Å². The summed E-state index contributed by atoms with van der Waals surface area (Å²) in [4.78, 5) is 18.0. The normalized spacial score (nSPS) is 19.1. The van der Waals surface area contributed by atoms with Crippen LogP contribution in [0.1, 0.15) is 12.1 Å². The number of nitrogens with zero attached hydrogens (tertiary/aromatic N) is 2. The summed E-state index contributed by atoms with van der Waals surface area (Å²) in [7, 11) is 1.83. The Balaban J connectivity index is 1.72. The molecule has 2 heterocycles. The van der Waals surface area contributed by atoms with Crippen LogP contribution in [0.25, 0.3) is 0 Å². The minimum atomic E-state index is 0.0125. The van der Waals surface area contributed by atoms with Gasteiger partial charge in [-0.25, -0.2) is 0 Å². The molecule has 1 saturated heterocycles. The molecule has 104 valence electrons. The van der Waals surface area contributed by atoms with Gasteiger partial charge in [0.15, 0.2) is 0 Å². The molecule has 0 bridgehead atoms. The smallest absolute Gasteiger partial charge is 0.224 e. The Morgan fingerprint density at radius 3 is 3.16 bits per heavy atom. The van der Waals surface area contributed by atoms with Gasteiger partial charge in [0, 0.05) is 45.0 Å². The van der Waals surface area contributed by atoms with Gasteiger partial charge in [0.25, 0.3) is 0 Å². The lowest BCUT2D eigenvalue weighted by atomic mass is 10.2. The van der Waals surface area contributed by atoms with Gasteiger partial charge >= 0.3 is 0 Å². The zero-order chi connectivity index (χ0) is 13.5. The predicted octanol–water partition coefficient (Wildman–Crippen LogP) is 0.461. The minimum absolute atomic E-state index is 0.0125. The molecule has 0 saturated carbocycles. The molecule has 0 radical (unpaired) electrons. The van der Waals surface area contributed by atoms with Gasteiger partial charge in [0.1, 0.15) is 0 Å². The van der Waals surface area contributed by atoms with E-state index in [1.165, 1.54) is 0 Å². The summed E-state index contributed by atoms with van der Waals surface area (Å²) in [6.07, 6.45) is 3.02. The average Bonchev–Trinajstić information content (AvgIpc) is 2.47. The number of morpholine rings is 1. The summed E-state index contributed by atoms with van der Waals surface area (Å²) < 4.78 is 5.54. The van der Waals surface area contributed by atoms with E-state index >= 15 is 0 Å². The number of carbonyl (C=O) groups excluding carboxylic acids is 1. The van der Waals surface area contributed by atoms with Crippen molar-refractivity contribution in [2.45, 2.75) is 18.9 Å². The Kier molecular flexibility index (Phi) is 5.30. The molecule has 1 atom stereocenters. The van der Waals surface area contributed by atoms with Crippen LogP contribution in [-0.2, 0) is 16.0 Å². The first kappa shape index (κ1) is 14.0. The number of nitrogens with one attached hydrogen (secondary N) is 1. The molecular weight excluding hydrogens is 242 g/mol. The van der Waals surface area contributed by atoms with Gasteiger partial charge in [0.2, 0.25) is 5.91 Å². The Morgan fingerprint density at radius 1 is 1.58 bits per heavy atom. The standard InChI is InChI=1S/C14H21N3O2/c1-17(8-5-12-4-2-3-6-16-12)14(18)10-13-11-15-7-9-19-13/h2-4,6,13,15H,5,7-11H2,1H3. The quantitative estimate of drug-likeness (QED) is 0.838. The van der Waals surface area contributed by atoms with Crippen LogP contribution in [0.3, 0.4) is 0 Å². The molecule has 5 nitrogen and oxygen atoms in total. The molecule has 1 N–H and O–H groups in total. The highest BCUT2D eigenvalue weighted by molar-refractivity contribution is 5.76. The highest BCUT2D eigenvalue weighted by Gasteiger charge is 2.19. The average molecular weight is 263 g/mol. The molecule has 1 aliphatic rings. The zero-order valence-electron chi connectivity index (χ0n) is 11.3. The van der Waals surface area contributed by atoms with Crippen molar-refractivity contribution >= 4 is 5.91 Å². The largest absolute Gasteiger partial charge is 0.375 e. The van der Waals surface area contributed by atoms with E-state index in [4.69, 9.17) is 4.74 Å². The summed E-state index contributed by atoms with van der Waals surface area (Å²) in [5.41, 5.74) is 1.01. The first-order chi connectivity index (χ1) is 9.25. The van der Waals surface area contributed by atoms with Gasteiger partial charge in [-0.2, -0.15) is 0 Å². The van der Waals surface area contributed by atoms with Crippen LogP contribution in [0.15, 0.2) is 24.4 Å². The number of rotatable bonds is 5. The van der Waals surface area contributed by atoms with E-state index in [9.17, 15) is 4.79 Å². The van der Waals surface area contributed by atoms with Crippen LogP contribution < -0.4 is 5.32 Å². The number of hydrogen-bond donors (Lipinski definition) is 1. The van der Waals surface area contributed by atoms with Crippen molar-refractivity contribution in [2.75, 3.05) is 33.3 Å². The third-order valence-electron chi connectivity index (χ3n) is 3.26. The second kappa shape index (κ2) is 7.21. The maximum absolute atomic E-state index is 12.0. The lowest BCUT2D eigenvalue weighted by Crippen LogP contribution is -2.42. The molecule has 1 aliphatic heterocycles. The van der Waals surface area contributed by atoms with Crippen molar-refractivity contribution in [3.63, 3.8) is 0 Å². The fourth-order valence-electron chi connectivity index (χ4n) is 2.05. The number of ether oxygens (including phenoxy) is 1. The predicted molar refractivity (Wildman–Crippen MR) is 72.8 cm³/mol. The lowest BCUT2D eigenvalue weighted by molar-refractivity contribution is -0.133. The Bertz CT molecular complexity index is 391. The number of pyridine rings is 1. The van der Waals surface area contributed by atoms with Crippen molar-refractivity contribution in [3.05, 3.63) is 30.1 Å². The second-order valence-electron chi connectivity index (χ2n) is 4.79. The summed E-state index contributed by atoms with van der Waals surface area (Å²) in [5.74, 6) is 0.129. The minimum Gasteiger partial charge on any atom is -0.375 e. The summed E-state index contributed by atoms with van der Waals surface area (Å²) >= 11 is 0. The molecule has 1 aromatic rings. The SMILES string of the molecule is CN(CCc1ccccn1)C(=O)CC1CNCCO1. The molecule has 1 amide bonds. The Hall–Kier alpha value is -1.46. The molecule has 1 fully saturated rings. The van der Waals surface area contributed by atoms with Gasteiger partial charge in [-0.1, -0.05) is 6.07 Å². The number of hydrogen-bond acceptors (Lipinski definition) is 4. The third kappa shape index (κ3) is 4.61. The topological polar surface area (TPSA) is 54.5 Å². The van der Waals surface area contributed by atoms with E-state index in [0.29, 0.717) is 19.6 Å². The zero-order valence-corrected chi connectivity index (χ0v) is 11.3. The fourth-order valence-corrected chi connectivity index (χ4v) is 2.05. The maximum atomic E-state index is 12.0. The molecule has 19 heavy (non-hydrogen) atoms. The van der Waals surface area contributed by atoms with Gasteiger partial charge in [-0.05, 0) is 12.1 Å². The number of carbonyl (C=O) groups is 1. The van der Waals surface area contributed by atoms with Crippen LogP contribution in [0.4, 0.5) is 0 Å². The van der Waals surface area contributed by atoms with E-state index in [1.54, 1.807) is 11.1 Å². The van der Waals surface area contributed by atoms with E-state index in [1.807, 2.05) is 25.2 Å². The highest BCUT2D eigenvalue weighted by Crippen LogP contribution is 2.05. The van der Waals surface area contributed by atoms with Gasteiger partial charge in [0.05, 0.1) is 19.1 Å². The number of amides is 1. The summed E-state index contributed by atoms with van der Waals surface area (Å²) in [5, 5.41) is 3.23. The van der Waals surface area contributed by atoms with Crippen LogP contribution in [0.2, 0.25) is 0 Å². The Labute approximate surface area is 114 Å². The highest BCUT2D eigenvalue weighted by atomic mass is 16.5. The molecule has 2 rings (SSSR count). The van der Waals surface area contributed by atoms with Crippen molar-refractivity contribution in [2.24, 2.45) is 0 Å². The van der Waals surface area contributed by atoms with E-state index in [2.05, 4.69) is 10.3 Å². The molecule has 0 spiro atoms. The maximum Gasteiger partial charge on any atom is 0.224 e. The van der Waals surface area contributed by atoms with Gasteiger partial charge in [-0.15, -0.1) is 0 Å². The van der Waals surface area contributed by atoms with Gasteiger partial charge in [-0.3, -0.25) is 9.78 Å². The summed E-state index contributed by atoms with van der Waals surface area (Å²) in [6.45, 7) is 3.02. The number of aromatic nitrogens is 1. The monoisotopic (exact) mass is 263 g/mol. The fraction of sp³-hybridized carbons (Fsp3) is 0.571. The number of likely N-dealkylation sites (N-methyl/N-ethyl adjacent to an activating group) is 1. The van der Waals surface area contributed by atoms with Crippen LogP contribution in [0, 0.1) is 0 Å². The second-order valence-corrected chi connectivity index (χ2v) is 4.79. The lowest BCUT2D eigenvalue weighted by Gasteiger charge is -2.25. The molecule has 1 unspecified atom stereocenters. The first-order valence-corrected chi connectivity index (χ1v) is 6.72. The van der Waals surface area contributed by atoms with E-state index in [-0.39, 0.29) is 12.0 Å². The molecule has 0 aromatic carbocycles. The van der Waals surface area contributed by atoms with Crippen molar-refractivity contribution in [3.8, 4) is 0 Å². The van der Waals surface area contributed by atoms with Crippen molar-refractivity contribution < 1.29 is 9.53 Å². The molecule has 0 aliphatic carbocycles. The van der Waals surface area contributed by atoms with Gasteiger partial charge < -0.3 is 15.0 Å². The van der Waals surface area contributed by atoms with Crippen LogP contribution >= 0.6 is 0 Å². The van der Waals surface area contributed by atoms with E-state index < -0.39 is 0 Å². The molecular formula is C14H21N3O2. The summed E-state index contributed by atoms with van der Waals surface area (Å²) in [6, 6.07) is 5.84. The van der Waals surface area contributed by atoms with E-state index in [0.717, 1.165) is 25.2 Å². The van der Waals surface area contributed by atoms with Crippen LogP contribution in [-0.4, -0.2) is 55.2 Å². The third-order valence-corrected chi connectivity index (χ3v) is 3.26. The first-order valence-electron chi connectivity index (χ1n) is 6.72. The van der Waals surface area contributed by atoms with Crippen molar-refractivity contribution in [1.29, 1.82) is 0 Å². The van der Waals surface area contributed by atoms with Crippen molar-refractivity contribution in [1.82, 2.24) is 15.2 Å². The Morgan fingerprint density at radius 2 is 2.47 bits per heavy atom. The molecule has 5 heteroatoms. The molecule has 1 aromatic heterocycles.